The van der Waals surface area contributed by atoms with Crippen LogP contribution in [-0.4, -0.2) is 5.97 Å². The van der Waals surface area contributed by atoms with Crippen molar-refractivity contribution in [3.05, 3.63) is 11.8 Å². The molecule has 0 N–H and O–H groups in total. The average Bonchev–Trinajstić information content (AvgIpc) is 1.35. The molecule has 0 fully saturated rings. The van der Waals surface area contributed by atoms with Crippen LogP contribution in [0.2, 0.25) is 0 Å². The highest BCUT2D eigenvalue weighted by molar-refractivity contribution is 5.73. The number of rotatable bonds is 1. The minimum Gasteiger partial charge on any atom is -0.284 e. The molecule has 0 aliphatic heterocycles. The van der Waals surface area contributed by atoms with E-state index in [0.717, 1.165) is 0 Å². The van der Waals surface area contributed by atoms with Gasteiger partial charge < -0.3 is 0 Å². The van der Waals surface area contributed by atoms with Gasteiger partial charge in [0.2, 0.25) is 0 Å². The summed E-state index contributed by atoms with van der Waals surface area (Å²) in [5.41, 5.74) is 0. The van der Waals surface area contributed by atoms with E-state index in [1.54, 1.807) is 5.34 Å². The highest BCUT2D eigenvalue weighted by Gasteiger charge is 1.85. The monoisotopic (exact) mass is 87.0 g/mol. The van der Waals surface area contributed by atoms with Crippen LogP contribution in [0.3, 0.4) is 0 Å². The van der Waals surface area contributed by atoms with Crippen LogP contribution in [0.5, 0.6) is 0 Å². The van der Waals surface area contributed by atoms with Gasteiger partial charge in [-0.1, -0.05) is 0 Å². The maximum absolute atomic E-state index is 9.31. The first-order chi connectivity index (χ1) is 2.77. The second-order valence-corrected chi connectivity index (χ2v) is 0.485. The highest BCUT2D eigenvalue weighted by atomic mass is 16.7. The van der Waals surface area contributed by atoms with Gasteiger partial charge in [0, 0.05) is 0 Å². The largest absolute Gasteiger partial charge is 0.343 e. The van der Waals surface area contributed by atoms with Gasteiger partial charge in [0.25, 0.3) is 0 Å². The van der Waals surface area contributed by atoms with Crippen molar-refractivity contribution in [1.82, 2.24) is 0 Å². The molecule has 32 valence electrons. The Hall–Kier alpha value is -0.930. The molecular weight excluding hydrogens is 86.0 g/mol. The third kappa shape index (κ3) is 3.07. The van der Waals surface area contributed by atoms with Crippen molar-refractivity contribution < 1.29 is 9.63 Å². The van der Waals surface area contributed by atoms with Crippen molar-refractivity contribution in [3.63, 3.8) is 0 Å². The fraction of sp³-hybridized carbons (Fsp3) is 0. The zero-order chi connectivity index (χ0) is 4.99. The molecule has 0 spiro atoms. The van der Waals surface area contributed by atoms with Crippen LogP contribution in [-0.2, 0) is 9.63 Å². The summed E-state index contributed by atoms with van der Waals surface area (Å²) in [6.07, 6.45) is 0. The summed E-state index contributed by atoms with van der Waals surface area (Å²) in [7, 11) is 0. The number of hydrogen-bond donors (Lipinski definition) is 0. The maximum atomic E-state index is 9.31. The molecule has 0 aliphatic carbocycles. The topological polar surface area (TPSA) is 55.7 Å². The Morgan fingerprint density at radius 1 is 1.83 bits per heavy atom. The Bertz CT molecular complexity index is 69.2. The fourth-order valence-corrected chi connectivity index (χ4v) is 0.0367. The Labute approximate surface area is 34.0 Å². The van der Waals surface area contributed by atoms with Crippen LogP contribution in [0.4, 0.5) is 0 Å². The van der Waals surface area contributed by atoms with Crippen molar-refractivity contribution in [1.29, 1.82) is 0 Å². The molecule has 0 bridgehead atoms. The smallest absolute Gasteiger partial charge is 0.284 e. The van der Waals surface area contributed by atoms with Crippen molar-refractivity contribution in [3.8, 4) is 0 Å². The maximum Gasteiger partial charge on any atom is 0.343 e. The molecule has 0 heterocycles. The molecule has 6 heavy (non-hydrogen) atoms. The van der Waals surface area contributed by atoms with Gasteiger partial charge in [-0.3, -0.25) is 4.84 Å². The van der Waals surface area contributed by atoms with Gasteiger partial charge in [0.1, 0.15) is 0 Å². The Kier molecular flexibility index (Phi) is 1.96. The Morgan fingerprint density at radius 3 is 2.33 bits per heavy atom. The van der Waals surface area contributed by atoms with E-state index < -0.39 is 5.97 Å². The first kappa shape index (κ1) is 5.07. The van der Waals surface area contributed by atoms with E-state index in [1.165, 1.54) is 0 Å². The van der Waals surface area contributed by atoms with E-state index in [0.29, 0.717) is 0 Å². The fourth-order valence-electron chi connectivity index (χ4n) is 0.0367. The standard InChI is InChI=1S/C2HNO3/c1-2(4)6-3-5/h1H. The molecule has 0 aromatic carbocycles. The van der Waals surface area contributed by atoms with Crippen molar-refractivity contribution in [2.24, 2.45) is 5.34 Å². The lowest BCUT2D eigenvalue weighted by molar-refractivity contribution is -0.138. The molecule has 0 atom stereocenters. The van der Waals surface area contributed by atoms with E-state index in [-0.39, 0.29) is 0 Å². The zero-order valence-electron chi connectivity index (χ0n) is 2.75. The van der Waals surface area contributed by atoms with E-state index >= 15 is 0 Å². The van der Waals surface area contributed by atoms with Crippen molar-refractivity contribution >= 4 is 5.97 Å². The second kappa shape index (κ2) is 2.32. The lowest BCUT2D eigenvalue weighted by Crippen LogP contribution is -1.88. The quantitative estimate of drug-likeness (QED) is 0.332. The summed E-state index contributed by atoms with van der Waals surface area (Å²) >= 11 is 0. The van der Waals surface area contributed by atoms with Gasteiger partial charge in [-0.05, 0) is 0 Å². The van der Waals surface area contributed by atoms with Crippen LogP contribution in [0.25, 0.3) is 0 Å². The summed E-state index contributed by atoms with van der Waals surface area (Å²) in [4.78, 5) is 21.4. The SMILES string of the molecule is [CH]C(=O)ON=O. The predicted molar refractivity (Wildman–Crippen MR) is 16.2 cm³/mol. The Balaban J connectivity index is 3.05. The first-order valence-electron chi connectivity index (χ1n) is 1.06. The molecule has 0 rings (SSSR count). The van der Waals surface area contributed by atoms with Gasteiger partial charge in [-0.2, -0.15) is 0 Å². The summed E-state index contributed by atoms with van der Waals surface area (Å²) in [6.45, 7) is 4.25. The van der Waals surface area contributed by atoms with E-state index in [2.05, 4.69) is 11.8 Å². The van der Waals surface area contributed by atoms with Gasteiger partial charge in [0.05, 0.1) is 6.92 Å². The van der Waals surface area contributed by atoms with Gasteiger partial charge in [0.15, 0.2) is 5.34 Å². The summed E-state index contributed by atoms with van der Waals surface area (Å²) < 4.78 is 0. The summed E-state index contributed by atoms with van der Waals surface area (Å²) in [6, 6.07) is 0. The summed E-state index contributed by atoms with van der Waals surface area (Å²) in [5.74, 6) is -1.19. The zero-order valence-corrected chi connectivity index (χ0v) is 2.75. The lowest BCUT2D eigenvalue weighted by atomic mass is 10.8. The highest BCUT2D eigenvalue weighted by Crippen LogP contribution is 1.69. The number of nitrogens with zero attached hydrogens (tertiary/aromatic N) is 1. The molecule has 0 amide bonds. The van der Waals surface area contributed by atoms with Crippen LogP contribution in [0, 0.1) is 11.8 Å². The molecule has 4 heteroatoms. The van der Waals surface area contributed by atoms with Crippen LogP contribution >= 0.6 is 0 Å². The van der Waals surface area contributed by atoms with Crippen LogP contribution in [0.15, 0.2) is 5.34 Å². The average molecular weight is 87.0 g/mol. The predicted octanol–water partition coefficient (Wildman–Crippen LogP) is -0.0779. The van der Waals surface area contributed by atoms with Crippen LogP contribution in [0.1, 0.15) is 0 Å². The molecule has 0 aromatic rings. The van der Waals surface area contributed by atoms with Gasteiger partial charge in [-0.25, -0.2) is 4.79 Å². The normalized spacial score (nSPS) is 6.83. The van der Waals surface area contributed by atoms with Crippen molar-refractivity contribution in [2.45, 2.75) is 0 Å². The first-order valence-corrected chi connectivity index (χ1v) is 1.06. The molecule has 0 saturated heterocycles. The van der Waals surface area contributed by atoms with Gasteiger partial charge >= 0.3 is 5.97 Å². The van der Waals surface area contributed by atoms with E-state index in [4.69, 9.17) is 4.91 Å². The van der Waals surface area contributed by atoms with Gasteiger partial charge in [-0.15, -0.1) is 4.91 Å². The van der Waals surface area contributed by atoms with E-state index in [9.17, 15) is 4.79 Å². The van der Waals surface area contributed by atoms with Crippen molar-refractivity contribution in [2.75, 3.05) is 0 Å². The minimum absolute atomic E-state index is 1.19. The van der Waals surface area contributed by atoms with E-state index in [1.807, 2.05) is 0 Å². The lowest BCUT2D eigenvalue weighted by Gasteiger charge is -1.74. The second-order valence-electron chi connectivity index (χ2n) is 0.485. The molecule has 0 saturated carbocycles. The molecule has 2 radical (unpaired) electrons. The number of hydrogen-bond acceptors (Lipinski definition) is 4. The molecular formula is C2HNO3. The molecule has 0 aromatic heterocycles. The van der Waals surface area contributed by atoms with Crippen LogP contribution < -0.4 is 0 Å². The minimum atomic E-state index is -1.19. The third-order valence-electron chi connectivity index (χ3n) is 0.127. The number of carbonyl (C=O) groups excluding carboxylic acids is 1. The molecule has 4 nitrogen and oxygen atoms in total. The molecule has 0 unspecified atom stereocenters. The molecule has 0 aliphatic rings. The number of carbonyl (C=O) groups is 1. The Morgan fingerprint density at radius 2 is 2.33 bits per heavy atom. The summed E-state index contributed by atoms with van der Waals surface area (Å²) in [5, 5.41) is 1.71. The third-order valence-corrected chi connectivity index (χ3v) is 0.127.